The lowest BCUT2D eigenvalue weighted by molar-refractivity contribution is -0.236. The summed E-state index contributed by atoms with van der Waals surface area (Å²) >= 11 is 0. The van der Waals surface area contributed by atoms with Gasteiger partial charge in [-0.15, -0.1) is 0 Å². The Bertz CT molecular complexity index is 1390. The van der Waals surface area contributed by atoms with Gasteiger partial charge in [0.1, 0.15) is 17.4 Å². The van der Waals surface area contributed by atoms with E-state index in [4.69, 9.17) is 14.2 Å². The number of esters is 1. The molecule has 2 saturated heterocycles. The van der Waals surface area contributed by atoms with E-state index in [1.165, 1.54) is 18.2 Å². The molecule has 0 spiro atoms. The number of pyridine rings is 1. The van der Waals surface area contributed by atoms with Gasteiger partial charge in [0.25, 0.3) is 0 Å². The van der Waals surface area contributed by atoms with Gasteiger partial charge in [-0.05, 0) is 80.3 Å². The number of hydrogen-bond acceptors (Lipinski definition) is 6. The van der Waals surface area contributed by atoms with Crippen molar-refractivity contribution in [1.29, 1.82) is 0 Å². The first-order valence-corrected chi connectivity index (χ1v) is 14.2. The minimum atomic E-state index is -1.11. The van der Waals surface area contributed by atoms with Crippen molar-refractivity contribution in [2.24, 2.45) is 11.8 Å². The van der Waals surface area contributed by atoms with Gasteiger partial charge in [-0.25, -0.2) is 8.78 Å². The molecule has 3 aromatic rings. The van der Waals surface area contributed by atoms with Gasteiger partial charge >= 0.3 is 5.97 Å². The summed E-state index contributed by atoms with van der Waals surface area (Å²) in [4.78, 5) is 20.4. The molecule has 2 aliphatic heterocycles. The van der Waals surface area contributed by atoms with E-state index in [1.807, 2.05) is 18.2 Å². The highest BCUT2D eigenvalue weighted by Gasteiger charge is 2.45. The van der Waals surface area contributed by atoms with Gasteiger partial charge < -0.3 is 14.2 Å². The third-order valence-corrected chi connectivity index (χ3v) is 9.02. The van der Waals surface area contributed by atoms with Crippen LogP contribution in [0.15, 0.2) is 48.7 Å². The zero-order chi connectivity index (χ0) is 28.0. The summed E-state index contributed by atoms with van der Waals surface area (Å²) in [6, 6.07) is 12.2. The quantitative estimate of drug-likeness (QED) is 0.344. The Morgan fingerprint density at radius 3 is 2.55 bits per heavy atom. The largest absolute Gasteiger partial charge is 0.495 e. The molecule has 0 amide bonds. The number of piperidine rings is 1. The first kappa shape index (κ1) is 27.1. The van der Waals surface area contributed by atoms with Crippen molar-refractivity contribution in [3.05, 3.63) is 71.4 Å². The van der Waals surface area contributed by atoms with Crippen LogP contribution < -0.4 is 4.74 Å². The number of rotatable bonds is 4. The molecule has 0 radical (unpaired) electrons. The maximum absolute atomic E-state index is 14.3. The van der Waals surface area contributed by atoms with E-state index in [0.29, 0.717) is 25.1 Å². The first-order valence-electron chi connectivity index (χ1n) is 14.2. The highest BCUT2D eigenvalue weighted by Crippen LogP contribution is 2.45. The maximum atomic E-state index is 14.3. The average Bonchev–Trinajstić information content (AvgIpc) is 2.95. The second-order valence-electron chi connectivity index (χ2n) is 11.9. The van der Waals surface area contributed by atoms with E-state index in [2.05, 4.69) is 16.0 Å². The number of halogens is 2. The summed E-state index contributed by atoms with van der Waals surface area (Å²) in [5.74, 6) is -1.84. The summed E-state index contributed by atoms with van der Waals surface area (Å²) < 4.78 is 46.5. The number of hydrogen-bond donors (Lipinski definition) is 0. The number of likely N-dealkylation sites (tertiary alicyclic amines) is 1. The molecule has 0 N–H and O–H groups in total. The molecule has 3 aliphatic rings. The number of cyclic esters (lactones) is 1. The number of carbonyl (C=O) groups excluding carboxylic acids is 1. The third kappa shape index (κ3) is 5.19. The van der Waals surface area contributed by atoms with Crippen molar-refractivity contribution in [3.63, 3.8) is 0 Å². The molecule has 6 rings (SSSR count). The molecule has 3 fully saturated rings. The molecule has 1 aromatic heterocycles. The molecule has 6 nitrogen and oxygen atoms in total. The Morgan fingerprint density at radius 2 is 1.80 bits per heavy atom. The zero-order valence-corrected chi connectivity index (χ0v) is 23.2. The number of aromatic nitrogens is 1. The predicted molar refractivity (Wildman–Crippen MR) is 147 cm³/mol. The highest BCUT2D eigenvalue weighted by atomic mass is 19.1. The second-order valence-corrected chi connectivity index (χ2v) is 11.9. The highest BCUT2D eigenvalue weighted by molar-refractivity contribution is 5.83. The minimum absolute atomic E-state index is 0.127. The molecule has 0 bridgehead atoms. The van der Waals surface area contributed by atoms with E-state index in [1.54, 1.807) is 27.2 Å². The summed E-state index contributed by atoms with van der Waals surface area (Å²) in [5.41, 5.74) is 2.06. The van der Waals surface area contributed by atoms with Gasteiger partial charge in [0.05, 0.1) is 30.8 Å². The standard InChI is InChI=1S/C32H36F2N2O4/c1-32(2)39-29(23-6-4-9-28-24(23)16-22(38-3)17-35-28)11-10-19-12-13-36(18-25(19)31(37)40-32)21-14-20(15-21)30-26(33)7-5-8-27(30)34/h4-9,16-17,19-21,25,29H,10-15,18H2,1-3H3/t19-,20?,21?,25+,29?/m1/s1. The van der Waals surface area contributed by atoms with Crippen LogP contribution in [0.25, 0.3) is 10.9 Å². The fraction of sp³-hybridized carbons (Fsp3) is 0.500. The van der Waals surface area contributed by atoms with Crippen LogP contribution in [-0.2, 0) is 14.3 Å². The van der Waals surface area contributed by atoms with Crippen LogP contribution in [-0.4, -0.2) is 47.9 Å². The minimum Gasteiger partial charge on any atom is -0.495 e. The van der Waals surface area contributed by atoms with Gasteiger partial charge in [0.15, 0.2) is 0 Å². The lowest BCUT2D eigenvalue weighted by atomic mass is 9.72. The number of carbonyl (C=O) groups is 1. The Labute approximate surface area is 233 Å². The molecule has 3 atom stereocenters. The Balaban J connectivity index is 1.19. The van der Waals surface area contributed by atoms with Crippen molar-refractivity contribution in [1.82, 2.24) is 9.88 Å². The Kier molecular flexibility index (Phi) is 7.25. The normalized spacial score (nSPS) is 28.9. The Morgan fingerprint density at radius 1 is 1.05 bits per heavy atom. The lowest BCUT2D eigenvalue weighted by Crippen LogP contribution is -2.52. The summed E-state index contributed by atoms with van der Waals surface area (Å²) in [7, 11) is 1.62. The average molecular weight is 551 g/mol. The van der Waals surface area contributed by atoms with Gasteiger partial charge in [-0.1, -0.05) is 18.2 Å². The van der Waals surface area contributed by atoms with Gasteiger partial charge in [0.2, 0.25) is 5.79 Å². The van der Waals surface area contributed by atoms with E-state index >= 15 is 0 Å². The molecule has 212 valence electrons. The molecular weight excluding hydrogens is 514 g/mol. The van der Waals surface area contributed by atoms with Gasteiger partial charge in [-0.3, -0.25) is 14.7 Å². The topological polar surface area (TPSA) is 60.9 Å². The number of benzene rings is 2. The SMILES string of the molecule is COc1cnc2cccc(C3CC[C@@H]4CCN(C5CC(c6c(F)cccc6F)C5)C[C@@H]4C(=O)OC(C)(C)O3)c2c1. The number of ether oxygens (including phenoxy) is 3. The predicted octanol–water partition coefficient (Wildman–Crippen LogP) is 6.54. The van der Waals surface area contributed by atoms with E-state index in [-0.39, 0.29) is 41.4 Å². The van der Waals surface area contributed by atoms with Crippen LogP contribution in [0.4, 0.5) is 8.78 Å². The van der Waals surface area contributed by atoms with Crippen LogP contribution in [0.1, 0.15) is 69.1 Å². The van der Waals surface area contributed by atoms with Crippen LogP contribution in [0.3, 0.4) is 0 Å². The molecule has 1 unspecified atom stereocenters. The van der Waals surface area contributed by atoms with Gasteiger partial charge in [-0.2, -0.15) is 0 Å². The lowest BCUT2D eigenvalue weighted by Gasteiger charge is -2.48. The van der Waals surface area contributed by atoms with Crippen LogP contribution in [0.5, 0.6) is 5.75 Å². The molecule has 2 aromatic carbocycles. The molecule has 8 heteroatoms. The summed E-state index contributed by atoms with van der Waals surface area (Å²) in [6.07, 6.45) is 5.26. The molecule has 40 heavy (non-hydrogen) atoms. The van der Waals surface area contributed by atoms with Crippen molar-refractivity contribution >= 4 is 16.9 Å². The molecule has 1 saturated carbocycles. The van der Waals surface area contributed by atoms with Crippen molar-refractivity contribution in [2.75, 3.05) is 20.2 Å². The van der Waals surface area contributed by atoms with Gasteiger partial charge in [0, 0.05) is 37.4 Å². The number of methoxy groups -OCH3 is 1. The third-order valence-electron chi connectivity index (χ3n) is 9.02. The fourth-order valence-corrected chi connectivity index (χ4v) is 6.87. The van der Waals surface area contributed by atoms with Crippen LogP contribution in [0, 0.1) is 23.5 Å². The number of nitrogens with zero attached hydrogens (tertiary/aromatic N) is 2. The molecular formula is C32H36F2N2O4. The van der Waals surface area contributed by atoms with E-state index in [0.717, 1.165) is 42.3 Å². The van der Waals surface area contributed by atoms with Crippen LogP contribution >= 0.6 is 0 Å². The summed E-state index contributed by atoms with van der Waals surface area (Å²) in [6.45, 7) is 5.04. The van der Waals surface area contributed by atoms with Crippen LogP contribution in [0.2, 0.25) is 0 Å². The zero-order valence-electron chi connectivity index (χ0n) is 23.2. The summed E-state index contributed by atoms with van der Waals surface area (Å²) in [5, 5.41) is 0.963. The molecule has 1 aliphatic carbocycles. The van der Waals surface area contributed by atoms with Crippen molar-refractivity contribution in [2.45, 2.75) is 69.8 Å². The molecule has 3 heterocycles. The smallest absolute Gasteiger partial charge is 0.313 e. The van der Waals surface area contributed by atoms with Crippen molar-refractivity contribution in [3.8, 4) is 5.75 Å². The fourth-order valence-electron chi connectivity index (χ4n) is 6.87. The maximum Gasteiger partial charge on any atom is 0.313 e. The Hall–Kier alpha value is -3.10. The number of fused-ring (bicyclic) bond motifs is 2. The van der Waals surface area contributed by atoms with E-state index < -0.39 is 17.4 Å². The second kappa shape index (κ2) is 10.7. The van der Waals surface area contributed by atoms with E-state index in [9.17, 15) is 13.6 Å². The monoisotopic (exact) mass is 550 g/mol. The first-order chi connectivity index (χ1) is 19.2. The van der Waals surface area contributed by atoms with Crippen molar-refractivity contribution < 1.29 is 27.8 Å².